The van der Waals surface area contributed by atoms with Crippen LogP contribution in [0, 0.1) is 0 Å². The zero-order valence-corrected chi connectivity index (χ0v) is 8.84. The monoisotopic (exact) mass is 217 g/mol. The average molecular weight is 217 g/mol. The number of carbonyl (C=O) groups is 1. The van der Waals surface area contributed by atoms with Crippen LogP contribution in [0.2, 0.25) is 0 Å². The highest BCUT2D eigenvalue weighted by Gasteiger charge is 2.02. The smallest absolute Gasteiger partial charge is 0.213 e. The predicted octanol–water partition coefficient (Wildman–Crippen LogP) is 2.46. The molecule has 4 nitrogen and oxygen atoms in total. The van der Waals surface area contributed by atoms with Gasteiger partial charge in [0, 0.05) is 17.8 Å². The number of hydrogen-bond donors (Lipinski definition) is 0. The second-order valence-electron chi connectivity index (χ2n) is 3.31. The molecule has 0 aliphatic carbocycles. The standard InChI is InChI=1S/C12H11NO3/c1-9(14)10-4-5-12(13-7-10)16-8-11-3-2-6-15-11/h2-7H,8H2,1H3. The summed E-state index contributed by atoms with van der Waals surface area (Å²) < 4.78 is 10.5. The van der Waals surface area contributed by atoms with Crippen molar-refractivity contribution in [3.05, 3.63) is 48.0 Å². The molecule has 0 radical (unpaired) electrons. The molecule has 0 aromatic carbocycles. The van der Waals surface area contributed by atoms with Crippen LogP contribution in [-0.4, -0.2) is 10.8 Å². The number of aromatic nitrogens is 1. The Bertz CT molecular complexity index is 460. The molecule has 0 aliphatic rings. The van der Waals surface area contributed by atoms with Crippen molar-refractivity contribution in [3.8, 4) is 5.88 Å². The summed E-state index contributed by atoms with van der Waals surface area (Å²) >= 11 is 0. The number of Topliss-reactive ketones (excluding diaryl/α,β-unsaturated/α-hetero) is 1. The van der Waals surface area contributed by atoms with Crippen molar-refractivity contribution >= 4 is 5.78 Å². The Morgan fingerprint density at radius 1 is 1.44 bits per heavy atom. The Kier molecular flexibility index (Phi) is 3.00. The second kappa shape index (κ2) is 4.61. The summed E-state index contributed by atoms with van der Waals surface area (Å²) in [7, 11) is 0. The van der Waals surface area contributed by atoms with Gasteiger partial charge in [-0.2, -0.15) is 0 Å². The van der Waals surface area contributed by atoms with Gasteiger partial charge in [0.15, 0.2) is 5.78 Å². The Balaban J connectivity index is 1.98. The molecule has 2 rings (SSSR count). The molecule has 0 saturated carbocycles. The van der Waals surface area contributed by atoms with Crippen LogP contribution in [0.1, 0.15) is 23.0 Å². The maximum atomic E-state index is 11.0. The first-order chi connectivity index (χ1) is 7.75. The maximum Gasteiger partial charge on any atom is 0.213 e. The number of carbonyl (C=O) groups excluding carboxylic acids is 1. The van der Waals surface area contributed by atoms with Gasteiger partial charge in [-0.1, -0.05) is 0 Å². The second-order valence-corrected chi connectivity index (χ2v) is 3.31. The van der Waals surface area contributed by atoms with E-state index in [9.17, 15) is 4.79 Å². The summed E-state index contributed by atoms with van der Waals surface area (Å²) in [6.07, 6.45) is 3.09. The van der Waals surface area contributed by atoms with Crippen LogP contribution in [0.25, 0.3) is 0 Å². The van der Waals surface area contributed by atoms with E-state index in [2.05, 4.69) is 4.98 Å². The minimum atomic E-state index is -0.00918. The predicted molar refractivity (Wildman–Crippen MR) is 57.3 cm³/mol. The molecule has 2 aromatic rings. The van der Waals surface area contributed by atoms with E-state index in [1.165, 1.54) is 13.1 Å². The molecule has 2 aromatic heterocycles. The van der Waals surface area contributed by atoms with Crippen molar-refractivity contribution < 1.29 is 13.9 Å². The lowest BCUT2D eigenvalue weighted by molar-refractivity contribution is 0.101. The highest BCUT2D eigenvalue weighted by Crippen LogP contribution is 2.10. The van der Waals surface area contributed by atoms with E-state index in [0.717, 1.165) is 5.76 Å². The van der Waals surface area contributed by atoms with Crippen LogP contribution in [-0.2, 0) is 6.61 Å². The zero-order chi connectivity index (χ0) is 11.4. The summed E-state index contributed by atoms with van der Waals surface area (Å²) in [6, 6.07) is 6.97. The molecule has 0 amide bonds. The van der Waals surface area contributed by atoms with Gasteiger partial charge in [0.05, 0.1) is 6.26 Å². The van der Waals surface area contributed by atoms with E-state index >= 15 is 0 Å². The minimum absolute atomic E-state index is 0.00918. The van der Waals surface area contributed by atoms with E-state index in [1.807, 2.05) is 6.07 Å². The van der Waals surface area contributed by atoms with E-state index in [1.54, 1.807) is 24.5 Å². The molecule has 0 spiro atoms. The normalized spacial score (nSPS) is 10.1. The molecule has 16 heavy (non-hydrogen) atoms. The van der Waals surface area contributed by atoms with Crippen molar-refractivity contribution in [2.75, 3.05) is 0 Å². The highest BCUT2D eigenvalue weighted by molar-refractivity contribution is 5.93. The van der Waals surface area contributed by atoms with Crippen molar-refractivity contribution in [2.24, 2.45) is 0 Å². The molecule has 0 aliphatic heterocycles. The lowest BCUT2D eigenvalue weighted by atomic mass is 10.2. The molecule has 2 heterocycles. The first-order valence-corrected chi connectivity index (χ1v) is 4.88. The van der Waals surface area contributed by atoms with Crippen LogP contribution in [0.15, 0.2) is 41.1 Å². The lowest BCUT2D eigenvalue weighted by Crippen LogP contribution is -1.98. The van der Waals surface area contributed by atoms with Gasteiger partial charge in [-0.05, 0) is 25.1 Å². The maximum absolute atomic E-state index is 11.0. The van der Waals surface area contributed by atoms with E-state index in [-0.39, 0.29) is 5.78 Å². The Morgan fingerprint density at radius 2 is 2.31 bits per heavy atom. The SMILES string of the molecule is CC(=O)c1ccc(OCc2ccco2)nc1. The zero-order valence-electron chi connectivity index (χ0n) is 8.84. The topological polar surface area (TPSA) is 52.3 Å². The Morgan fingerprint density at radius 3 is 2.88 bits per heavy atom. The van der Waals surface area contributed by atoms with Gasteiger partial charge in [-0.25, -0.2) is 4.98 Å². The number of pyridine rings is 1. The molecule has 0 fully saturated rings. The van der Waals surface area contributed by atoms with Crippen molar-refractivity contribution in [2.45, 2.75) is 13.5 Å². The van der Waals surface area contributed by atoms with Crippen molar-refractivity contribution in [1.29, 1.82) is 0 Å². The van der Waals surface area contributed by atoms with Crippen LogP contribution in [0.3, 0.4) is 0 Å². The van der Waals surface area contributed by atoms with Gasteiger partial charge in [0.2, 0.25) is 5.88 Å². The van der Waals surface area contributed by atoms with E-state index in [4.69, 9.17) is 9.15 Å². The molecule has 4 heteroatoms. The van der Waals surface area contributed by atoms with Crippen molar-refractivity contribution in [1.82, 2.24) is 4.98 Å². The quantitative estimate of drug-likeness (QED) is 0.738. The first-order valence-electron chi connectivity index (χ1n) is 4.88. The summed E-state index contributed by atoms with van der Waals surface area (Å²) in [5.41, 5.74) is 0.574. The Labute approximate surface area is 92.9 Å². The third-order valence-corrected chi connectivity index (χ3v) is 2.09. The molecule has 0 atom stereocenters. The fourth-order valence-corrected chi connectivity index (χ4v) is 1.21. The number of rotatable bonds is 4. The fraction of sp³-hybridized carbons (Fsp3) is 0.167. The summed E-state index contributed by atoms with van der Waals surface area (Å²) in [6.45, 7) is 1.83. The highest BCUT2D eigenvalue weighted by atomic mass is 16.5. The van der Waals surface area contributed by atoms with Gasteiger partial charge in [-0.3, -0.25) is 4.79 Å². The van der Waals surface area contributed by atoms with Gasteiger partial charge < -0.3 is 9.15 Å². The van der Waals surface area contributed by atoms with Gasteiger partial charge in [0.25, 0.3) is 0 Å². The molecule has 0 N–H and O–H groups in total. The van der Waals surface area contributed by atoms with Crippen LogP contribution < -0.4 is 4.74 Å². The van der Waals surface area contributed by atoms with Gasteiger partial charge in [0.1, 0.15) is 12.4 Å². The molecule has 0 unspecified atom stereocenters. The first kappa shape index (κ1) is 10.4. The van der Waals surface area contributed by atoms with Crippen LogP contribution in [0.4, 0.5) is 0 Å². The average Bonchev–Trinajstić information content (AvgIpc) is 2.80. The number of hydrogen-bond acceptors (Lipinski definition) is 4. The van der Waals surface area contributed by atoms with Crippen molar-refractivity contribution in [3.63, 3.8) is 0 Å². The van der Waals surface area contributed by atoms with Gasteiger partial charge >= 0.3 is 0 Å². The summed E-state index contributed by atoms with van der Waals surface area (Å²) in [5, 5.41) is 0. The van der Waals surface area contributed by atoms with Crippen LogP contribution in [0.5, 0.6) is 5.88 Å². The number of nitrogens with zero attached hydrogens (tertiary/aromatic N) is 1. The third kappa shape index (κ3) is 2.48. The van der Waals surface area contributed by atoms with E-state index < -0.39 is 0 Å². The summed E-state index contributed by atoms with van der Waals surface area (Å²) in [4.78, 5) is 15.0. The number of ether oxygens (including phenoxy) is 1. The molecule has 82 valence electrons. The third-order valence-electron chi connectivity index (χ3n) is 2.09. The van der Waals surface area contributed by atoms with Crippen LogP contribution >= 0.6 is 0 Å². The lowest BCUT2D eigenvalue weighted by Gasteiger charge is -2.03. The fourth-order valence-electron chi connectivity index (χ4n) is 1.21. The summed E-state index contributed by atoms with van der Waals surface area (Å²) in [5.74, 6) is 1.20. The molecular weight excluding hydrogens is 206 g/mol. The minimum Gasteiger partial charge on any atom is -0.469 e. The molecule has 0 saturated heterocycles. The number of ketones is 1. The Hall–Kier alpha value is -2.10. The number of furan rings is 1. The van der Waals surface area contributed by atoms with Gasteiger partial charge in [-0.15, -0.1) is 0 Å². The largest absolute Gasteiger partial charge is 0.469 e. The van der Waals surface area contributed by atoms with E-state index in [0.29, 0.717) is 18.1 Å². The molecule has 0 bridgehead atoms. The molecular formula is C12H11NO3.